The standard InChI is InChI=1S/C16H13Cl2N3O2S/c1-23-10-3-5-13-14(7-10)21-16(20-13)24-8-15(22)19-9-2-4-11(17)12(18)6-9/h2-7H,8H2,1H3,(H,19,22)(H,20,21). The number of nitrogens with one attached hydrogen (secondary N) is 2. The summed E-state index contributed by atoms with van der Waals surface area (Å²) in [5.74, 6) is 0.813. The Morgan fingerprint density at radius 2 is 2.08 bits per heavy atom. The molecule has 1 heterocycles. The molecule has 1 amide bonds. The molecule has 1 aromatic heterocycles. The van der Waals surface area contributed by atoms with E-state index in [0.29, 0.717) is 20.9 Å². The van der Waals surface area contributed by atoms with E-state index in [1.807, 2.05) is 18.2 Å². The van der Waals surface area contributed by atoms with Crippen molar-refractivity contribution in [2.75, 3.05) is 18.2 Å². The number of halogens is 2. The molecule has 2 aromatic carbocycles. The molecule has 0 atom stereocenters. The predicted octanol–water partition coefficient (Wildman–Crippen LogP) is 4.61. The first kappa shape index (κ1) is 17.0. The predicted molar refractivity (Wildman–Crippen MR) is 98.5 cm³/mol. The summed E-state index contributed by atoms with van der Waals surface area (Å²) in [5, 5.41) is 4.28. The number of aromatic nitrogens is 2. The van der Waals surface area contributed by atoms with Gasteiger partial charge in [0.05, 0.1) is 33.9 Å². The number of thioether (sulfide) groups is 1. The summed E-state index contributed by atoms with van der Waals surface area (Å²) in [5.41, 5.74) is 2.29. The molecule has 124 valence electrons. The summed E-state index contributed by atoms with van der Waals surface area (Å²) in [4.78, 5) is 19.6. The van der Waals surface area contributed by atoms with E-state index in [1.165, 1.54) is 11.8 Å². The molecule has 0 saturated carbocycles. The minimum atomic E-state index is -0.156. The zero-order valence-corrected chi connectivity index (χ0v) is 14.9. The lowest BCUT2D eigenvalue weighted by molar-refractivity contribution is -0.113. The molecule has 8 heteroatoms. The Morgan fingerprint density at radius 1 is 1.25 bits per heavy atom. The molecule has 3 aromatic rings. The number of carbonyl (C=O) groups excluding carboxylic acids is 1. The van der Waals surface area contributed by atoms with Gasteiger partial charge in [0.1, 0.15) is 5.75 Å². The molecule has 0 saturated heterocycles. The van der Waals surface area contributed by atoms with Crippen LogP contribution in [0.2, 0.25) is 10.0 Å². The number of anilines is 1. The molecule has 5 nitrogen and oxygen atoms in total. The number of nitrogens with zero attached hydrogens (tertiary/aromatic N) is 1. The van der Waals surface area contributed by atoms with Crippen LogP contribution in [0.5, 0.6) is 5.75 Å². The summed E-state index contributed by atoms with van der Waals surface area (Å²) >= 11 is 13.1. The molecule has 0 aliphatic heterocycles. The van der Waals surface area contributed by atoms with E-state index in [4.69, 9.17) is 27.9 Å². The third-order valence-electron chi connectivity index (χ3n) is 3.21. The molecule has 0 fully saturated rings. The smallest absolute Gasteiger partial charge is 0.234 e. The third kappa shape index (κ3) is 3.95. The van der Waals surface area contributed by atoms with E-state index < -0.39 is 0 Å². The number of methoxy groups -OCH3 is 1. The van der Waals surface area contributed by atoms with Gasteiger partial charge in [-0.25, -0.2) is 4.98 Å². The number of aromatic amines is 1. The number of imidazole rings is 1. The van der Waals surface area contributed by atoms with Crippen LogP contribution in [0.3, 0.4) is 0 Å². The molecular weight excluding hydrogens is 369 g/mol. The molecule has 0 aliphatic rings. The fourth-order valence-electron chi connectivity index (χ4n) is 2.07. The summed E-state index contributed by atoms with van der Waals surface area (Å²) in [6.07, 6.45) is 0. The maximum Gasteiger partial charge on any atom is 0.234 e. The lowest BCUT2D eigenvalue weighted by Gasteiger charge is -2.05. The Bertz CT molecular complexity index is 898. The fourth-order valence-corrected chi connectivity index (χ4v) is 3.05. The first-order chi connectivity index (χ1) is 11.5. The number of hydrogen-bond acceptors (Lipinski definition) is 4. The Morgan fingerprint density at radius 3 is 2.83 bits per heavy atom. The highest BCUT2D eigenvalue weighted by molar-refractivity contribution is 7.99. The van der Waals surface area contributed by atoms with Crippen LogP contribution in [0.1, 0.15) is 0 Å². The minimum Gasteiger partial charge on any atom is -0.497 e. The number of carbonyl (C=O) groups is 1. The number of amides is 1. The highest BCUT2D eigenvalue weighted by Gasteiger charge is 2.09. The topological polar surface area (TPSA) is 67.0 Å². The Hall–Kier alpha value is -1.89. The van der Waals surface area contributed by atoms with E-state index in [9.17, 15) is 4.79 Å². The quantitative estimate of drug-likeness (QED) is 0.633. The Kier molecular flexibility index (Phi) is 5.18. The second kappa shape index (κ2) is 7.34. The number of benzene rings is 2. The van der Waals surface area contributed by atoms with Gasteiger partial charge < -0.3 is 15.0 Å². The zero-order chi connectivity index (χ0) is 17.1. The van der Waals surface area contributed by atoms with Crippen molar-refractivity contribution in [3.05, 3.63) is 46.4 Å². The first-order valence-electron chi connectivity index (χ1n) is 6.96. The van der Waals surface area contributed by atoms with Crippen LogP contribution in [0, 0.1) is 0 Å². The van der Waals surface area contributed by atoms with Gasteiger partial charge in [-0.3, -0.25) is 4.79 Å². The molecule has 0 unspecified atom stereocenters. The second-order valence-electron chi connectivity index (χ2n) is 4.89. The molecule has 2 N–H and O–H groups in total. The van der Waals surface area contributed by atoms with Crippen LogP contribution in [-0.2, 0) is 4.79 Å². The molecule has 0 bridgehead atoms. The van der Waals surface area contributed by atoms with E-state index in [-0.39, 0.29) is 11.7 Å². The highest BCUT2D eigenvalue weighted by Crippen LogP contribution is 2.26. The largest absolute Gasteiger partial charge is 0.497 e. The Labute approximate surface area is 152 Å². The monoisotopic (exact) mass is 381 g/mol. The van der Waals surface area contributed by atoms with Gasteiger partial charge in [-0.1, -0.05) is 35.0 Å². The van der Waals surface area contributed by atoms with Gasteiger partial charge in [0, 0.05) is 11.8 Å². The molecule has 0 spiro atoms. The van der Waals surface area contributed by atoms with Crippen LogP contribution >= 0.6 is 35.0 Å². The lowest BCUT2D eigenvalue weighted by Crippen LogP contribution is -2.14. The van der Waals surface area contributed by atoms with Crippen molar-refractivity contribution < 1.29 is 9.53 Å². The maximum atomic E-state index is 12.0. The van der Waals surface area contributed by atoms with Crippen molar-refractivity contribution in [2.24, 2.45) is 0 Å². The minimum absolute atomic E-state index is 0.156. The van der Waals surface area contributed by atoms with E-state index >= 15 is 0 Å². The van der Waals surface area contributed by atoms with Crippen molar-refractivity contribution >= 4 is 57.6 Å². The highest BCUT2D eigenvalue weighted by atomic mass is 35.5. The van der Waals surface area contributed by atoms with Crippen molar-refractivity contribution in [1.82, 2.24) is 9.97 Å². The number of ether oxygens (including phenoxy) is 1. The maximum absolute atomic E-state index is 12.0. The van der Waals surface area contributed by atoms with Crippen molar-refractivity contribution in [3.8, 4) is 5.75 Å². The summed E-state index contributed by atoms with van der Waals surface area (Å²) in [7, 11) is 1.61. The van der Waals surface area contributed by atoms with Crippen LogP contribution in [0.15, 0.2) is 41.6 Å². The van der Waals surface area contributed by atoms with E-state index in [2.05, 4.69) is 15.3 Å². The third-order valence-corrected chi connectivity index (χ3v) is 4.82. The molecular formula is C16H13Cl2N3O2S. The normalized spacial score (nSPS) is 10.8. The number of H-pyrrole nitrogens is 1. The number of hydrogen-bond donors (Lipinski definition) is 2. The molecule has 0 aliphatic carbocycles. The summed E-state index contributed by atoms with van der Waals surface area (Å²) in [6, 6.07) is 10.5. The SMILES string of the molecule is COc1ccc2nc(SCC(=O)Nc3ccc(Cl)c(Cl)c3)[nH]c2c1. The van der Waals surface area contributed by atoms with Crippen molar-refractivity contribution in [2.45, 2.75) is 5.16 Å². The first-order valence-corrected chi connectivity index (χ1v) is 8.71. The van der Waals surface area contributed by atoms with Gasteiger partial charge >= 0.3 is 0 Å². The number of fused-ring (bicyclic) bond motifs is 1. The van der Waals surface area contributed by atoms with Gasteiger partial charge in [0.15, 0.2) is 5.16 Å². The molecule has 0 radical (unpaired) electrons. The van der Waals surface area contributed by atoms with Gasteiger partial charge in [0.2, 0.25) is 5.91 Å². The average molecular weight is 382 g/mol. The average Bonchev–Trinajstić information content (AvgIpc) is 2.98. The summed E-state index contributed by atoms with van der Waals surface area (Å²) in [6.45, 7) is 0. The molecule has 3 rings (SSSR count). The van der Waals surface area contributed by atoms with Crippen molar-refractivity contribution in [1.29, 1.82) is 0 Å². The van der Waals surface area contributed by atoms with Gasteiger partial charge in [-0.2, -0.15) is 0 Å². The van der Waals surface area contributed by atoms with Crippen LogP contribution in [-0.4, -0.2) is 28.7 Å². The van der Waals surface area contributed by atoms with Crippen LogP contribution in [0.25, 0.3) is 11.0 Å². The van der Waals surface area contributed by atoms with E-state index in [1.54, 1.807) is 25.3 Å². The van der Waals surface area contributed by atoms with Crippen molar-refractivity contribution in [3.63, 3.8) is 0 Å². The number of rotatable bonds is 5. The van der Waals surface area contributed by atoms with Gasteiger partial charge in [0.25, 0.3) is 0 Å². The van der Waals surface area contributed by atoms with Crippen LogP contribution in [0.4, 0.5) is 5.69 Å². The van der Waals surface area contributed by atoms with Gasteiger partial charge in [-0.15, -0.1) is 0 Å². The van der Waals surface area contributed by atoms with Gasteiger partial charge in [-0.05, 0) is 30.3 Å². The fraction of sp³-hybridized carbons (Fsp3) is 0.125. The zero-order valence-electron chi connectivity index (χ0n) is 12.6. The van der Waals surface area contributed by atoms with Crippen LogP contribution < -0.4 is 10.1 Å². The Balaban J connectivity index is 1.62. The summed E-state index contributed by atoms with van der Waals surface area (Å²) < 4.78 is 5.18. The second-order valence-corrected chi connectivity index (χ2v) is 6.67. The van der Waals surface area contributed by atoms with E-state index in [0.717, 1.165) is 16.8 Å². The lowest BCUT2D eigenvalue weighted by atomic mass is 10.3. The molecule has 24 heavy (non-hydrogen) atoms.